The van der Waals surface area contributed by atoms with Gasteiger partial charge in [0.25, 0.3) is 0 Å². The van der Waals surface area contributed by atoms with Crippen molar-refractivity contribution in [1.29, 1.82) is 0 Å². The molecule has 0 aliphatic rings. The van der Waals surface area contributed by atoms with Crippen LogP contribution < -0.4 is 9.62 Å². The van der Waals surface area contributed by atoms with Gasteiger partial charge in [-0.25, -0.2) is 8.42 Å². The molecule has 3 rings (SSSR count). The second-order valence-corrected chi connectivity index (χ2v) is 13.5. The lowest BCUT2D eigenvalue weighted by molar-refractivity contribution is -0.141. The van der Waals surface area contributed by atoms with Crippen molar-refractivity contribution in [3.8, 4) is 0 Å². The van der Waals surface area contributed by atoms with E-state index in [1.54, 1.807) is 11.0 Å². The fourth-order valence-corrected chi connectivity index (χ4v) is 6.12. The summed E-state index contributed by atoms with van der Waals surface area (Å²) in [4.78, 5) is 29.2. The summed E-state index contributed by atoms with van der Waals surface area (Å²) in [6.07, 6.45) is 3.77. The zero-order valence-corrected chi connectivity index (χ0v) is 27.4. The summed E-state index contributed by atoms with van der Waals surface area (Å²) in [5.74, 6) is -0.384. The lowest BCUT2D eigenvalue weighted by atomic mass is 10.0. The number of nitrogens with zero attached hydrogens (tertiary/aromatic N) is 2. The monoisotopic (exact) mass is 655 g/mol. The van der Waals surface area contributed by atoms with E-state index in [1.807, 2.05) is 80.6 Å². The summed E-state index contributed by atoms with van der Waals surface area (Å²) in [5, 5.41) is 3.03. The summed E-state index contributed by atoms with van der Waals surface area (Å²) in [6.45, 7) is 6.88. The molecule has 0 bridgehead atoms. The van der Waals surface area contributed by atoms with E-state index >= 15 is 0 Å². The minimum absolute atomic E-state index is 0.0982. The first-order valence-electron chi connectivity index (χ1n) is 14.4. The lowest BCUT2D eigenvalue weighted by Crippen LogP contribution is -2.50. The van der Waals surface area contributed by atoms with Gasteiger partial charge >= 0.3 is 0 Å². The van der Waals surface area contributed by atoms with Crippen LogP contribution in [0.2, 0.25) is 0 Å². The number of hydrogen-bond acceptors (Lipinski definition) is 4. The fourth-order valence-electron chi connectivity index (χ4n) is 4.83. The molecule has 0 spiro atoms. The maximum Gasteiger partial charge on any atom is 0.243 e. The molecule has 0 saturated carbocycles. The number of carbonyl (C=O) groups excluding carboxylic acids is 2. The Hall–Kier alpha value is -3.17. The summed E-state index contributed by atoms with van der Waals surface area (Å²) in [6, 6.07) is 22.3. The standard InChI is InChI=1S/C33H42BrN3O4S/c1-5-6-21-35-33(39)31(23-27-13-8-7-9-14-27)36(24-28-17-19-29(34)20-18-28)32(38)16-11-22-37(42(4,40)41)30-15-10-12-25(2)26(30)3/h7-10,12-15,17-20,31H,5-6,11,16,21-24H2,1-4H3,(H,35,39). The van der Waals surface area contributed by atoms with Crippen LogP contribution in [-0.4, -0.2) is 50.5 Å². The molecule has 3 aromatic carbocycles. The van der Waals surface area contributed by atoms with Gasteiger partial charge in [0.2, 0.25) is 21.8 Å². The van der Waals surface area contributed by atoms with E-state index in [4.69, 9.17) is 0 Å². The number of benzene rings is 3. The third kappa shape index (κ3) is 9.70. The van der Waals surface area contributed by atoms with Gasteiger partial charge in [0.05, 0.1) is 11.9 Å². The Bertz CT molecular complexity index is 1430. The zero-order chi connectivity index (χ0) is 30.7. The first-order valence-corrected chi connectivity index (χ1v) is 17.0. The predicted molar refractivity (Wildman–Crippen MR) is 174 cm³/mol. The Labute approximate surface area is 259 Å². The molecule has 7 nitrogen and oxygen atoms in total. The number of carbonyl (C=O) groups is 2. The number of nitrogens with one attached hydrogen (secondary N) is 1. The third-order valence-electron chi connectivity index (χ3n) is 7.36. The number of amides is 2. The highest BCUT2D eigenvalue weighted by molar-refractivity contribution is 9.10. The molecular weight excluding hydrogens is 614 g/mol. The Morgan fingerprint density at radius 2 is 1.60 bits per heavy atom. The Morgan fingerprint density at radius 3 is 2.24 bits per heavy atom. The Kier molecular flexibility index (Phi) is 12.6. The second-order valence-electron chi connectivity index (χ2n) is 10.7. The third-order valence-corrected chi connectivity index (χ3v) is 9.07. The maximum atomic E-state index is 13.9. The lowest BCUT2D eigenvalue weighted by Gasteiger charge is -2.32. The van der Waals surface area contributed by atoms with Crippen LogP contribution in [0.25, 0.3) is 0 Å². The highest BCUT2D eigenvalue weighted by atomic mass is 79.9. The molecule has 0 aliphatic carbocycles. The molecule has 9 heteroatoms. The van der Waals surface area contributed by atoms with Crippen LogP contribution in [0, 0.1) is 13.8 Å². The minimum atomic E-state index is -3.57. The van der Waals surface area contributed by atoms with Gasteiger partial charge in [-0.05, 0) is 67.1 Å². The van der Waals surface area contributed by atoms with E-state index in [9.17, 15) is 18.0 Å². The van der Waals surface area contributed by atoms with Crippen molar-refractivity contribution < 1.29 is 18.0 Å². The maximum absolute atomic E-state index is 13.9. The topological polar surface area (TPSA) is 86.8 Å². The van der Waals surface area contributed by atoms with Crippen LogP contribution in [0.3, 0.4) is 0 Å². The van der Waals surface area contributed by atoms with Crippen LogP contribution in [0.1, 0.15) is 54.9 Å². The first kappa shape index (κ1) is 33.3. The van der Waals surface area contributed by atoms with Crippen molar-refractivity contribution in [3.63, 3.8) is 0 Å². The van der Waals surface area contributed by atoms with E-state index in [1.165, 1.54) is 10.6 Å². The molecule has 226 valence electrons. The van der Waals surface area contributed by atoms with E-state index in [2.05, 4.69) is 28.2 Å². The van der Waals surface area contributed by atoms with E-state index in [0.717, 1.165) is 39.6 Å². The normalized spacial score (nSPS) is 12.0. The van der Waals surface area contributed by atoms with Crippen molar-refractivity contribution >= 4 is 43.5 Å². The highest BCUT2D eigenvalue weighted by Gasteiger charge is 2.30. The number of rotatable bonds is 15. The van der Waals surface area contributed by atoms with Gasteiger partial charge in [0.1, 0.15) is 6.04 Å². The van der Waals surface area contributed by atoms with Crippen LogP contribution in [0.15, 0.2) is 77.3 Å². The molecule has 1 atom stereocenters. The van der Waals surface area contributed by atoms with Crippen molar-refractivity contribution in [2.75, 3.05) is 23.7 Å². The van der Waals surface area contributed by atoms with E-state index < -0.39 is 16.1 Å². The molecule has 1 N–H and O–H groups in total. The van der Waals surface area contributed by atoms with Crippen molar-refractivity contribution in [3.05, 3.63) is 99.5 Å². The summed E-state index contributed by atoms with van der Waals surface area (Å²) in [7, 11) is -3.57. The second kappa shape index (κ2) is 15.9. The van der Waals surface area contributed by atoms with Crippen LogP contribution in [0.5, 0.6) is 0 Å². The number of halogens is 1. The average Bonchev–Trinajstić information content (AvgIpc) is 2.95. The number of sulfonamides is 1. The van der Waals surface area contributed by atoms with Gasteiger partial charge in [-0.2, -0.15) is 0 Å². The van der Waals surface area contributed by atoms with Crippen molar-refractivity contribution in [2.45, 2.75) is 65.5 Å². The molecule has 0 radical (unpaired) electrons. The van der Waals surface area contributed by atoms with Gasteiger partial charge in [-0.1, -0.05) is 83.9 Å². The average molecular weight is 657 g/mol. The molecule has 3 aromatic rings. The highest BCUT2D eigenvalue weighted by Crippen LogP contribution is 2.26. The molecule has 0 saturated heterocycles. The number of aryl methyl sites for hydroxylation is 1. The summed E-state index contributed by atoms with van der Waals surface area (Å²) < 4.78 is 27.8. The van der Waals surface area contributed by atoms with Gasteiger partial charge < -0.3 is 10.2 Å². The number of anilines is 1. The SMILES string of the molecule is CCCCNC(=O)C(Cc1ccccc1)N(Cc1ccc(Br)cc1)C(=O)CCCN(c1cccc(C)c1C)S(C)(=O)=O. The number of unbranched alkanes of at least 4 members (excludes halogenated alkanes) is 1. The minimum Gasteiger partial charge on any atom is -0.354 e. The molecule has 0 aromatic heterocycles. The molecule has 2 amide bonds. The quantitative estimate of drug-likeness (QED) is 0.199. The zero-order valence-electron chi connectivity index (χ0n) is 25.0. The molecule has 42 heavy (non-hydrogen) atoms. The van der Waals surface area contributed by atoms with Gasteiger partial charge in [-0.15, -0.1) is 0 Å². The molecular formula is C33H42BrN3O4S. The summed E-state index contributed by atoms with van der Waals surface area (Å²) in [5.41, 5.74) is 4.36. The van der Waals surface area contributed by atoms with E-state index in [-0.39, 0.29) is 31.3 Å². The van der Waals surface area contributed by atoms with Gasteiger partial charge in [-0.3, -0.25) is 13.9 Å². The molecule has 0 fully saturated rings. The van der Waals surface area contributed by atoms with Crippen molar-refractivity contribution in [1.82, 2.24) is 10.2 Å². The molecule has 0 heterocycles. The van der Waals surface area contributed by atoms with E-state index in [0.29, 0.717) is 25.1 Å². The molecule has 1 unspecified atom stereocenters. The first-order chi connectivity index (χ1) is 20.0. The van der Waals surface area contributed by atoms with Gasteiger partial charge in [0, 0.05) is 36.9 Å². The van der Waals surface area contributed by atoms with Crippen LogP contribution in [-0.2, 0) is 32.6 Å². The predicted octanol–water partition coefficient (Wildman–Crippen LogP) is 6.17. The van der Waals surface area contributed by atoms with Crippen LogP contribution >= 0.6 is 15.9 Å². The summed E-state index contributed by atoms with van der Waals surface area (Å²) >= 11 is 3.47. The fraction of sp³-hybridized carbons (Fsp3) is 0.394. The van der Waals surface area contributed by atoms with Gasteiger partial charge in [0.15, 0.2) is 0 Å². The van der Waals surface area contributed by atoms with Crippen LogP contribution in [0.4, 0.5) is 5.69 Å². The smallest absolute Gasteiger partial charge is 0.243 e. The number of hydrogen-bond donors (Lipinski definition) is 1. The Morgan fingerprint density at radius 1 is 0.905 bits per heavy atom. The molecule has 0 aliphatic heterocycles. The van der Waals surface area contributed by atoms with Crippen molar-refractivity contribution in [2.24, 2.45) is 0 Å². The largest absolute Gasteiger partial charge is 0.354 e. The Balaban J connectivity index is 1.88.